The van der Waals surface area contributed by atoms with E-state index in [9.17, 15) is 9.59 Å². The van der Waals surface area contributed by atoms with E-state index in [1.165, 1.54) is 11.3 Å². The highest BCUT2D eigenvalue weighted by Crippen LogP contribution is 2.23. The number of hydrogen-bond donors (Lipinski definition) is 1. The maximum atomic E-state index is 11.7. The molecule has 0 aliphatic carbocycles. The third-order valence-electron chi connectivity index (χ3n) is 2.20. The van der Waals surface area contributed by atoms with Gasteiger partial charge >= 0.3 is 11.9 Å². The third-order valence-corrected chi connectivity index (χ3v) is 3.14. The zero-order valence-corrected chi connectivity index (χ0v) is 9.99. The molecule has 0 aliphatic rings. The number of carbonyl (C=O) groups is 2. The fourth-order valence-corrected chi connectivity index (χ4v) is 1.95. The minimum atomic E-state index is -1.20. The number of ether oxygens (including phenoxy) is 1. The number of carboxylic acids is 1. The van der Waals surface area contributed by atoms with Gasteiger partial charge in [0, 0.05) is 4.88 Å². The summed E-state index contributed by atoms with van der Waals surface area (Å²) in [6.07, 6.45) is 0.414. The van der Waals surface area contributed by atoms with Gasteiger partial charge in [0.2, 0.25) is 0 Å². The second-order valence-electron chi connectivity index (χ2n) is 3.44. The van der Waals surface area contributed by atoms with Gasteiger partial charge in [-0.2, -0.15) is 0 Å². The number of hydrogen-bond acceptors (Lipinski definition) is 4. The molecule has 0 radical (unpaired) electrons. The van der Waals surface area contributed by atoms with Crippen LogP contribution >= 0.6 is 11.3 Å². The van der Waals surface area contributed by atoms with Crippen LogP contribution in [0.15, 0.2) is 17.5 Å². The standard InChI is InChI=1S/C11H14O4S/c1-3-7(2)15-11(14)9(10(12)13)8-5-4-6-16-8/h4-7,9H,3H2,1-2H3,(H,12,13). The van der Waals surface area contributed by atoms with Crippen LogP contribution in [0, 0.1) is 0 Å². The van der Waals surface area contributed by atoms with Crippen LogP contribution < -0.4 is 0 Å². The summed E-state index contributed by atoms with van der Waals surface area (Å²) in [6.45, 7) is 3.62. The molecule has 0 aliphatic heterocycles. The Bertz CT molecular complexity index is 358. The summed E-state index contributed by atoms with van der Waals surface area (Å²) in [5.74, 6) is -3.06. The maximum absolute atomic E-state index is 11.7. The summed E-state index contributed by atoms with van der Waals surface area (Å²) >= 11 is 1.24. The lowest BCUT2D eigenvalue weighted by Crippen LogP contribution is -2.26. The topological polar surface area (TPSA) is 63.6 Å². The van der Waals surface area contributed by atoms with E-state index in [2.05, 4.69) is 0 Å². The maximum Gasteiger partial charge on any atom is 0.326 e. The van der Waals surface area contributed by atoms with Gasteiger partial charge in [-0.3, -0.25) is 9.59 Å². The van der Waals surface area contributed by atoms with Crippen molar-refractivity contribution in [2.45, 2.75) is 32.3 Å². The number of carbonyl (C=O) groups excluding carboxylic acids is 1. The van der Waals surface area contributed by atoms with E-state index in [-0.39, 0.29) is 6.10 Å². The zero-order chi connectivity index (χ0) is 12.1. The van der Waals surface area contributed by atoms with Crippen molar-refractivity contribution < 1.29 is 19.4 Å². The van der Waals surface area contributed by atoms with E-state index < -0.39 is 17.9 Å². The van der Waals surface area contributed by atoms with Crippen LogP contribution in [0.2, 0.25) is 0 Å². The van der Waals surface area contributed by atoms with E-state index in [1.54, 1.807) is 24.4 Å². The Balaban J connectivity index is 2.79. The fourth-order valence-electron chi connectivity index (χ4n) is 1.14. The first-order valence-corrected chi connectivity index (χ1v) is 5.91. The Kier molecular flexibility index (Phi) is 4.49. The normalized spacial score (nSPS) is 14.1. The average molecular weight is 242 g/mol. The van der Waals surface area contributed by atoms with E-state index in [0.717, 1.165) is 0 Å². The summed E-state index contributed by atoms with van der Waals surface area (Å²) in [7, 11) is 0. The predicted octanol–water partition coefficient (Wildman–Crippen LogP) is 2.26. The molecule has 5 heteroatoms. The number of aliphatic carboxylic acids is 1. The van der Waals surface area contributed by atoms with Crippen molar-refractivity contribution in [2.24, 2.45) is 0 Å². The molecule has 0 aromatic carbocycles. The highest BCUT2D eigenvalue weighted by Gasteiger charge is 2.31. The van der Waals surface area contributed by atoms with Gasteiger partial charge in [0.1, 0.15) is 0 Å². The summed E-state index contributed by atoms with van der Waals surface area (Å²) < 4.78 is 5.03. The molecular formula is C11H14O4S. The van der Waals surface area contributed by atoms with Gasteiger partial charge in [-0.05, 0) is 24.8 Å². The van der Waals surface area contributed by atoms with Crippen molar-refractivity contribution in [2.75, 3.05) is 0 Å². The Morgan fingerprint density at radius 3 is 2.69 bits per heavy atom. The molecule has 2 atom stereocenters. The molecular weight excluding hydrogens is 228 g/mol. The lowest BCUT2D eigenvalue weighted by molar-refractivity contribution is -0.157. The molecule has 0 saturated carbocycles. The molecule has 16 heavy (non-hydrogen) atoms. The monoisotopic (exact) mass is 242 g/mol. The molecule has 1 aromatic heterocycles. The molecule has 0 saturated heterocycles. The molecule has 4 nitrogen and oxygen atoms in total. The summed E-state index contributed by atoms with van der Waals surface area (Å²) in [4.78, 5) is 23.2. The quantitative estimate of drug-likeness (QED) is 0.635. The van der Waals surface area contributed by atoms with Crippen LogP contribution in [0.4, 0.5) is 0 Å². The van der Waals surface area contributed by atoms with Gasteiger partial charge in [0.15, 0.2) is 5.92 Å². The van der Waals surface area contributed by atoms with E-state index >= 15 is 0 Å². The van der Waals surface area contributed by atoms with Crippen molar-refractivity contribution >= 4 is 23.3 Å². The number of thiophene rings is 1. The number of esters is 1. The minimum absolute atomic E-state index is 0.255. The van der Waals surface area contributed by atoms with Gasteiger partial charge in [-0.25, -0.2) is 0 Å². The Hall–Kier alpha value is -1.36. The molecule has 0 fully saturated rings. The molecule has 1 rings (SSSR count). The molecule has 0 spiro atoms. The highest BCUT2D eigenvalue weighted by atomic mass is 32.1. The molecule has 88 valence electrons. The van der Waals surface area contributed by atoms with Crippen molar-refractivity contribution in [3.05, 3.63) is 22.4 Å². The predicted molar refractivity (Wildman–Crippen MR) is 60.5 cm³/mol. The third kappa shape index (κ3) is 3.06. The van der Waals surface area contributed by atoms with E-state index in [4.69, 9.17) is 9.84 Å². The fraction of sp³-hybridized carbons (Fsp3) is 0.455. The van der Waals surface area contributed by atoms with Crippen LogP contribution in [-0.2, 0) is 14.3 Å². The summed E-state index contributed by atoms with van der Waals surface area (Å²) in [6, 6.07) is 3.34. The average Bonchev–Trinajstić information content (AvgIpc) is 2.70. The first kappa shape index (κ1) is 12.7. The molecule has 1 N–H and O–H groups in total. The minimum Gasteiger partial charge on any atom is -0.480 e. The summed E-state index contributed by atoms with van der Waals surface area (Å²) in [5.41, 5.74) is 0. The van der Waals surface area contributed by atoms with E-state index in [0.29, 0.717) is 11.3 Å². The SMILES string of the molecule is CCC(C)OC(=O)C(C(=O)O)c1cccs1. The summed E-state index contributed by atoms with van der Waals surface area (Å²) in [5, 5.41) is 10.7. The first-order valence-electron chi connectivity index (χ1n) is 5.03. The smallest absolute Gasteiger partial charge is 0.326 e. The van der Waals surface area contributed by atoms with Gasteiger partial charge < -0.3 is 9.84 Å². The van der Waals surface area contributed by atoms with Crippen molar-refractivity contribution in [3.8, 4) is 0 Å². The van der Waals surface area contributed by atoms with Crippen LogP contribution in [-0.4, -0.2) is 23.1 Å². The van der Waals surface area contributed by atoms with E-state index in [1.807, 2.05) is 6.92 Å². The number of rotatable bonds is 5. The van der Waals surface area contributed by atoms with Crippen LogP contribution in [0.3, 0.4) is 0 Å². The van der Waals surface area contributed by atoms with Gasteiger partial charge in [0.05, 0.1) is 6.10 Å². The Labute approximate surface area is 97.9 Å². The van der Waals surface area contributed by atoms with Gasteiger partial charge in [0.25, 0.3) is 0 Å². The van der Waals surface area contributed by atoms with Gasteiger partial charge in [-0.1, -0.05) is 13.0 Å². The molecule has 0 amide bonds. The number of carboxylic acid groups (broad SMARTS) is 1. The second kappa shape index (κ2) is 5.65. The first-order chi connectivity index (χ1) is 7.56. The van der Waals surface area contributed by atoms with Crippen molar-refractivity contribution in [1.29, 1.82) is 0 Å². The molecule has 1 aromatic rings. The highest BCUT2D eigenvalue weighted by molar-refractivity contribution is 7.10. The molecule has 0 bridgehead atoms. The van der Waals surface area contributed by atoms with Crippen molar-refractivity contribution in [1.82, 2.24) is 0 Å². The Morgan fingerprint density at radius 1 is 1.56 bits per heavy atom. The van der Waals surface area contributed by atoms with Crippen LogP contribution in [0.25, 0.3) is 0 Å². The lowest BCUT2D eigenvalue weighted by Gasteiger charge is -2.14. The molecule has 2 unspecified atom stereocenters. The van der Waals surface area contributed by atoms with Crippen LogP contribution in [0.1, 0.15) is 31.1 Å². The second-order valence-corrected chi connectivity index (χ2v) is 4.42. The lowest BCUT2D eigenvalue weighted by atomic mass is 10.1. The zero-order valence-electron chi connectivity index (χ0n) is 9.17. The Morgan fingerprint density at radius 2 is 2.25 bits per heavy atom. The van der Waals surface area contributed by atoms with Crippen molar-refractivity contribution in [3.63, 3.8) is 0 Å². The largest absolute Gasteiger partial charge is 0.480 e. The van der Waals surface area contributed by atoms with Crippen LogP contribution in [0.5, 0.6) is 0 Å². The molecule has 1 heterocycles. The van der Waals surface area contributed by atoms with Gasteiger partial charge in [-0.15, -0.1) is 11.3 Å².